The van der Waals surface area contributed by atoms with Gasteiger partial charge < -0.3 is 5.32 Å². The Hall–Kier alpha value is -3.02. The van der Waals surface area contributed by atoms with E-state index >= 15 is 0 Å². The van der Waals surface area contributed by atoms with Gasteiger partial charge in [0.2, 0.25) is 0 Å². The van der Waals surface area contributed by atoms with Gasteiger partial charge in [0.15, 0.2) is 5.82 Å². The summed E-state index contributed by atoms with van der Waals surface area (Å²) in [7, 11) is 0. The lowest BCUT2D eigenvalue weighted by Gasteiger charge is -2.06. The minimum atomic E-state index is -0.349. The van der Waals surface area contributed by atoms with Crippen molar-refractivity contribution < 1.29 is 9.18 Å². The molecule has 21 heavy (non-hydrogen) atoms. The van der Waals surface area contributed by atoms with Gasteiger partial charge in [-0.3, -0.25) is 4.79 Å². The zero-order valence-corrected chi connectivity index (χ0v) is 10.9. The molecule has 3 rings (SSSR count). The van der Waals surface area contributed by atoms with Gasteiger partial charge in [0, 0.05) is 24.3 Å². The fourth-order valence-electron chi connectivity index (χ4n) is 1.80. The number of hydrogen-bond acceptors (Lipinski definition) is 3. The molecule has 0 spiro atoms. The Morgan fingerprint density at radius 3 is 2.57 bits per heavy atom. The van der Waals surface area contributed by atoms with Gasteiger partial charge in [-0.05, 0) is 42.5 Å². The highest BCUT2D eigenvalue weighted by atomic mass is 19.1. The lowest BCUT2D eigenvalue weighted by Crippen LogP contribution is -2.12. The Morgan fingerprint density at radius 1 is 1.14 bits per heavy atom. The fraction of sp³-hybridized carbons (Fsp3) is 0. The summed E-state index contributed by atoms with van der Waals surface area (Å²) in [5, 5.41) is 6.73. The van der Waals surface area contributed by atoms with Crippen molar-refractivity contribution in [1.82, 2.24) is 14.8 Å². The van der Waals surface area contributed by atoms with E-state index in [1.165, 1.54) is 30.5 Å². The molecule has 6 heteroatoms. The van der Waals surface area contributed by atoms with E-state index < -0.39 is 0 Å². The summed E-state index contributed by atoms with van der Waals surface area (Å²) in [4.78, 5) is 16.2. The standard InChI is InChI=1S/C15H11FN4O/c16-12-3-5-13(6-4-12)19-15(21)11-2-7-14(17-10-11)20-9-1-8-18-20/h1-10H,(H,19,21). The first-order chi connectivity index (χ1) is 10.2. The average Bonchev–Trinajstić information content (AvgIpc) is 3.04. The number of nitrogens with one attached hydrogen (secondary N) is 1. The molecule has 2 heterocycles. The molecule has 0 bridgehead atoms. The number of carbonyl (C=O) groups is 1. The maximum Gasteiger partial charge on any atom is 0.257 e. The summed E-state index contributed by atoms with van der Waals surface area (Å²) in [6, 6.07) is 10.7. The lowest BCUT2D eigenvalue weighted by atomic mass is 10.2. The van der Waals surface area contributed by atoms with Crippen LogP contribution in [-0.2, 0) is 0 Å². The molecule has 2 aromatic heterocycles. The van der Waals surface area contributed by atoms with Gasteiger partial charge in [-0.1, -0.05) is 0 Å². The summed E-state index contributed by atoms with van der Waals surface area (Å²) < 4.78 is 14.4. The summed E-state index contributed by atoms with van der Waals surface area (Å²) >= 11 is 0. The predicted octanol–water partition coefficient (Wildman–Crippen LogP) is 2.66. The van der Waals surface area contributed by atoms with Crippen molar-refractivity contribution in [3.8, 4) is 5.82 Å². The predicted molar refractivity (Wildman–Crippen MR) is 75.7 cm³/mol. The summed E-state index contributed by atoms with van der Waals surface area (Å²) in [6.45, 7) is 0. The van der Waals surface area contributed by atoms with Crippen LogP contribution in [0.25, 0.3) is 5.82 Å². The third-order valence-corrected chi connectivity index (χ3v) is 2.85. The molecular formula is C15H11FN4O. The van der Waals surface area contributed by atoms with E-state index in [0.29, 0.717) is 17.1 Å². The fourth-order valence-corrected chi connectivity index (χ4v) is 1.80. The maximum absolute atomic E-state index is 12.8. The Labute approximate surface area is 120 Å². The van der Waals surface area contributed by atoms with Crippen molar-refractivity contribution in [2.75, 3.05) is 5.32 Å². The first-order valence-corrected chi connectivity index (χ1v) is 6.25. The molecule has 0 radical (unpaired) electrons. The minimum absolute atomic E-state index is 0.305. The maximum atomic E-state index is 12.8. The van der Waals surface area contributed by atoms with Crippen LogP contribution in [-0.4, -0.2) is 20.7 Å². The van der Waals surface area contributed by atoms with E-state index in [-0.39, 0.29) is 11.7 Å². The number of anilines is 1. The second-order valence-corrected chi connectivity index (χ2v) is 4.32. The SMILES string of the molecule is O=C(Nc1ccc(F)cc1)c1ccc(-n2cccn2)nc1. The largest absolute Gasteiger partial charge is 0.322 e. The van der Waals surface area contributed by atoms with Gasteiger partial charge in [-0.2, -0.15) is 5.10 Å². The van der Waals surface area contributed by atoms with E-state index in [4.69, 9.17) is 0 Å². The zero-order chi connectivity index (χ0) is 14.7. The highest BCUT2D eigenvalue weighted by Crippen LogP contribution is 2.11. The van der Waals surface area contributed by atoms with Gasteiger partial charge in [0.25, 0.3) is 5.91 Å². The van der Waals surface area contributed by atoms with Crippen LogP contribution in [0.1, 0.15) is 10.4 Å². The first-order valence-electron chi connectivity index (χ1n) is 6.25. The summed E-state index contributed by atoms with van der Waals surface area (Å²) in [5.74, 6) is -0.0299. The van der Waals surface area contributed by atoms with Crippen LogP contribution in [0, 0.1) is 5.82 Å². The molecule has 0 atom stereocenters. The molecule has 0 saturated carbocycles. The molecule has 0 aliphatic heterocycles. The Bertz CT molecular complexity index is 736. The van der Waals surface area contributed by atoms with Crippen LogP contribution >= 0.6 is 0 Å². The van der Waals surface area contributed by atoms with Crippen LogP contribution in [0.5, 0.6) is 0 Å². The number of carbonyl (C=O) groups excluding carboxylic acids is 1. The molecule has 0 aliphatic carbocycles. The monoisotopic (exact) mass is 282 g/mol. The van der Waals surface area contributed by atoms with E-state index in [1.807, 2.05) is 0 Å². The molecule has 104 valence electrons. The van der Waals surface area contributed by atoms with Crippen LogP contribution in [0.3, 0.4) is 0 Å². The zero-order valence-electron chi connectivity index (χ0n) is 10.9. The number of amides is 1. The number of pyridine rings is 1. The molecule has 1 aromatic carbocycles. The molecule has 0 saturated heterocycles. The van der Waals surface area contributed by atoms with Gasteiger partial charge in [-0.25, -0.2) is 14.1 Å². The van der Waals surface area contributed by atoms with E-state index in [9.17, 15) is 9.18 Å². The average molecular weight is 282 g/mol. The topological polar surface area (TPSA) is 59.8 Å². The lowest BCUT2D eigenvalue weighted by molar-refractivity contribution is 0.102. The summed E-state index contributed by atoms with van der Waals surface area (Å²) in [5.41, 5.74) is 0.938. The van der Waals surface area contributed by atoms with Crippen molar-refractivity contribution in [3.63, 3.8) is 0 Å². The van der Waals surface area contributed by atoms with Crippen molar-refractivity contribution in [1.29, 1.82) is 0 Å². The van der Waals surface area contributed by atoms with Gasteiger partial charge >= 0.3 is 0 Å². The van der Waals surface area contributed by atoms with E-state index in [0.717, 1.165) is 0 Å². The highest BCUT2D eigenvalue weighted by Gasteiger charge is 2.07. The third kappa shape index (κ3) is 2.94. The first kappa shape index (κ1) is 13.0. The van der Waals surface area contributed by atoms with Crippen LogP contribution in [0.15, 0.2) is 61.1 Å². The second kappa shape index (κ2) is 5.54. The number of nitrogens with zero attached hydrogens (tertiary/aromatic N) is 3. The van der Waals surface area contributed by atoms with Gasteiger partial charge in [0.1, 0.15) is 5.82 Å². The normalized spacial score (nSPS) is 10.3. The Balaban J connectivity index is 1.74. The number of rotatable bonds is 3. The quantitative estimate of drug-likeness (QED) is 0.803. The Morgan fingerprint density at radius 2 is 1.95 bits per heavy atom. The molecule has 0 fully saturated rings. The van der Waals surface area contributed by atoms with Crippen molar-refractivity contribution in [2.24, 2.45) is 0 Å². The van der Waals surface area contributed by atoms with Crippen LogP contribution in [0.2, 0.25) is 0 Å². The molecule has 1 N–H and O–H groups in total. The van der Waals surface area contributed by atoms with Crippen LogP contribution in [0.4, 0.5) is 10.1 Å². The molecule has 0 unspecified atom stereocenters. The number of aromatic nitrogens is 3. The smallest absolute Gasteiger partial charge is 0.257 e. The van der Waals surface area contributed by atoms with Crippen molar-refractivity contribution in [2.45, 2.75) is 0 Å². The Kier molecular flexibility index (Phi) is 3.42. The van der Waals surface area contributed by atoms with Crippen LogP contribution < -0.4 is 5.32 Å². The number of benzene rings is 1. The minimum Gasteiger partial charge on any atom is -0.322 e. The molecule has 5 nitrogen and oxygen atoms in total. The summed E-state index contributed by atoms with van der Waals surface area (Å²) in [6.07, 6.45) is 4.88. The third-order valence-electron chi connectivity index (χ3n) is 2.85. The molecule has 3 aromatic rings. The van der Waals surface area contributed by atoms with E-state index in [2.05, 4.69) is 15.4 Å². The number of hydrogen-bond donors (Lipinski definition) is 1. The molecule has 0 aliphatic rings. The van der Waals surface area contributed by atoms with Gasteiger partial charge in [0.05, 0.1) is 5.56 Å². The molecular weight excluding hydrogens is 271 g/mol. The second-order valence-electron chi connectivity index (χ2n) is 4.32. The molecule has 1 amide bonds. The van der Waals surface area contributed by atoms with E-state index in [1.54, 1.807) is 35.3 Å². The number of halogens is 1. The highest BCUT2D eigenvalue weighted by molar-refractivity contribution is 6.04. The van der Waals surface area contributed by atoms with Crippen molar-refractivity contribution in [3.05, 3.63) is 72.4 Å². The van der Waals surface area contributed by atoms with Crippen molar-refractivity contribution >= 4 is 11.6 Å². The van der Waals surface area contributed by atoms with Gasteiger partial charge in [-0.15, -0.1) is 0 Å².